The summed E-state index contributed by atoms with van der Waals surface area (Å²) in [6.07, 6.45) is 3.38. The summed E-state index contributed by atoms with van der Waals surface area (Å²) in [5, 5.41) is 7.65. The normalized spacial score (nSPS) is 11.0. The maximum Gasteiger partial charge on any atom is 0.291 e. The molecule has 0 unspecified atom stereocenters. The number of carbonyl (C=O) groups excluding carboxylic acids is 1. The van der Waals surface area contributed by atoms with Gasteiger partial charge in [0.25, 0.3) is 5.91 Å². The van der Waals surface area contributed by atoms with E-state index in [1.165, 1.54) is 11.3 Å². The maximum atomic E-state index is 12.3. The topological polar surface area (TPSA) is 73.0 Å². The Hall–Kier alpha value is -2.93. The first-order valence-electron chi connectivity index (χ1n) is 7.52. The average Bonchev–Trinajstić information content (AvgIpc) is 3.32. The molecule has 24 heavy (non-hydrogen) atoms. The number of furan rings is 1. The molecule has 7 heteroatoms. The molecule has 3 heterocycles. The number of thiazole rings is 1. The molecule has 1 amide bonds. The molecule has 0 fully saturated rings. The van der Waals surface area contributed by atoms with Gasteiger partial charge in [-0.15, -0.1) is 11.3 Å². The minimum Gasteiger partial charge on any atom is -0.448 e. The highest BCUT2D eigenvalue weighted by Crippen LogP contribution is 2.31. The van der Waals surface area contributed by atoms with Gasteiger partial charge in [-0.25, -0.2) is 4.98 Å². The van der Waals surface area contributed by atoms with E-state index < -0.39 is 0 Å². The van der Waals surface area contributed by atoms with E-state index in [2.05, 4.69) is 15.4 Å². The average molecular weight is 338 g/mol. The van der Waals surface area contributed by atoms with Crippen LogP contribution in [0.3, 0.4) is 0 Å². The summed E-state index contributed by atoms with van der Waals surface area (Å²) >= 11 is 1.54. The highest BCUT2D eigenvalue weighted by Gasteiger charge is 2.15. The predicted octanol–water partition coefficient (Wildman–Crippen LogP) is 4.03. The number of hydrogen-bond acceptors (Lipinski definition) is 5. The molecular formula is C17H14N4O2S. The number of para-hydroxylation sites is 1. The van der Waals surface area contributed by atoms with E-state index in [0.717, 1.165) is 21.8 Å². The molecular weight excluding hydrogens is 324 g/mol. The van der Waals surface area contributed by atoms with E-state index in [4.69, 9.17) is 4.42 Å². The van der Waals surface area contributed by atoms with Gasteiger partial charge in [0.1, 0.15) is 0 Å². The molecule has 0 radical (unpaired) electrons. The second-order valence-corrected chi connectivity index (χ2v) is 6.22. The maximum absolute atomic E-state index is 12.3. The number of carbonyl (C=O) groups is 1. The summed E-state index contributed by atoms with van der Waals surface area (Å²) < 4.78 is 8.50. The molecule has 120 valence electrons. The van der Waals surface area contributed by atoms with Gasteiger partial charge in [-0.05, 0) is 31.2 Å². The Morgan fingerprint density at radius 2 is 2.17 bits per heavy atom. The fraction of sp³-hybridized carbons (Fsp3) is 0.118. The van der Waals surface area contributed by atoms with Gasteiger partial charge in [-0.3, -0.25) is 9.48 Å². The number of aromatic nitrogens is 3. The number of rotatable bonds is 4. The van der Waals surface area contributed by atoms with Gasteiger partial charge >= 0.3 is 0 Å². The first-order chi connectivity index (χ1) is 11.7. The minimum absolute atomic E-state index is 0.244. The molecule has 0 aliphatic carbocycles. The molecule has 1 aromatic carbocycles. The van der Waals surface area contributed by atoms with Crippen LogP contribution in [0.2, 0.25) is 0 Å². The number of hydrogen-bond donors (Lipinski definition) is 1. The van der Waals surface area contributed by atoms with Crippen molar-refractivity contribution in [1.82, 2.24) is 14.8 Å². The summed E-state index contributed by atoms with van der Waals surface area (Å²) in [5.41, 5.74) is 1.56. The summed E-state index contributed by atoms with van der Waals surface area (Å²) in [5.74, 6) is 0.525. The van der Waals surface area contributed by atoms with Crippen molar-refractivity contribution in [2.75, 3.05) is 5.32 Å². The zero-order chi connectivity index (χ0) is 16.5. The highest BCUT2D eigenvalue weighted by molar-refractivity contribution is 7.21. The van der Waals surface area contributed by atoms with Crippen LogP contribution in [0.25, 0.3) is 21.0 Å². The van der Waals surface area contributed by atoms with Crippen LogP contribution in [0.1, 0.15) is 17.5 Å². The van der Waals surface area contributed by atoms with Crippen molar-refractivity contribution in [3.63, 3.8) is 0 Å². The van der Waals surface area contributed by atoms with E-state index >= 15 is 0 Å². The quantitative estimate of drug-likeness (QED) is 0.610. The molecule has 0 aliphatic rings. The number of benzene rings is 1. The molecule has 0 bridgehead atoms. The van der Waals surface area contributed by atoms with Crippen LogP contribution in [-0.2, 0) is 6.54 Å². The lowest BCUT2D eigenvalue weighted by atomic mass is 10.3. The van der Waals surface area contributed by atoms with Crippen molar-refractivity contribution < 1.29 is 9.21 Å². The SMILES string of the molecule is CCn1cc(NC(=O)c2ccc(-c3nc4ccccc4s3)o2)cn1. The summed E-state index contributed by atoms with van der Waals surface area (Å²) in [6.45, 7) is 2.73. The van der Waals surface area contributed by atoms with Crippen LogP contribution in [0.15, 0.2) is 53.2 Å². The van der Waals surface area contributed by atoms with Crippen LogP contribution in [-0.4, -0.2) is 20.7 Å². The molecule has 4 aromatic rings. The van der Waals surface area contributed by atoms with E-state index in [0.29, 0.717) is 11.4 Å². The number of fused-ring (bicyclic) bond motifs is 1. The summed E-state index contributed by atoms with van der Waals surface area (Å²) in [7, 11) is 0. The number of amides is 1. The molecule has 0 aliphatic heterocycles. The Kier molecular flexibility index (Phi) is 3.62. The second-order valence-electron chi connectivity index (χ2n) is 5.19. The van der Waals surface area contributed by atoms with Gasteiger partial charge in [0.2, 0.25) is 0 Å². The third-order valence-corrected chi connectivity index (χ3v) is 4.60. The lowest BCUT2D eigenvalue weighted by Crippen LogP contribution is -2.10. The molecule has 1 N–H and O–H groups in total. The van der Waals surface area contributed by atoms with Crippen molar-refractivity contribution in [2.45, 2.75) is 13.5 Å². The molecule has 4 rings (SSSR count). The van der Waals surface area contributed by atoms with Crippen LogP contribution in [0.4, 0.5) is 5.69 Å². The van der Waals surface area contributed by atoms with Crippen molar-refractivity contribution in [3.05, 3.63) is 54.6 Å². The van der Waals surface area contributed by atoms with Crippen molar-refractivity contribution in [1.29, 1.82) is 0 Å². The lowest BCUT2D eigenvalue weighted by Gasteiger charge is -1.98. The number of nitrogens with zero attached hydrogens (tertiary/aromatic N) is 3. The zero-order valence-electron chi connectivity index (χ0n) is 12.9. The lowest BCUT2D eigenvalue weighted by molar-refractivity contribution is 0.0997. The number of aryl methyl sites for hydroxylation is 1. The first-order valence-corrected chi connectivity index (χ1v) is 8.34. The van der Waals surface area contributed by atoms with Gasteiger partial charge in [0.05, 0.1) is 22.1 Å². The van der Waals surface area contributed by atoms with E-state index in [9.17, 15) is 4.79 Å². The van der Waals surface area contributed by atoms with Gasteiger partial charge in [0.15, 0.2) is 16.5 Å². The molecule has 3 aromatic heterocycles. The Morgan fingerprint density at radius 3 is 2.96 bits per heavy atom. The van der Waals surface area contributed by atoms with Crippen molar-refractivity contribution in [2.24, 2.45) is 0 Å². The van der Waals surface area contributed by atoms with Crippen molar-refractivity contribution >= 4 is 33.1 Å². The van der Waals surface area contributed by atoms with Crippen LogP contribution < -0.4 is 5.32 Å². The Labute approximate surface area is 141 Å². The Bertz CT molecular complexity index is 981. The van der Waals surface area contributed by atoms with E-state index in [1.54, 1.807) is 29.2 Å². The Morgan fingerprint density at radius 1 is 1.29 bits per heavy atom. The molecule has 0 spiro atoms. The van der Waals surface area contributed by atoms with Crippen LogP contribution >= 0.6 is 11.3 Å². The molecule has 0 saturated carbocycles. The Balaban J connectivity index is 1.56. The van der Waals surface area contributed by atoms with Gasteiger partial charge < -0.3 is 9.73 Å². The van der Waals surface area contributed by atoms with Crippen LogP contribution in [0.5, 0.6) is 0 Å². The second kappa shape index (κ2) is 5.93. The zero-order valence-corrected chi connectivity index (χ0v) is 13.7. The third-order valence-electron chi connectivity index (χ3n) is 3.55. The molecule has 6 nitrogen and oxygen atoms in total. The summed E-state index contributed by atoms with van der Waals surface area (Å²) in [6, 6.07) is 11.3. The van der Waals surface area contributed by atoms with Gasteiger partial charge in [-0.1, -0.05) is 12.1 Å². The van der Waals surface area contributed by atoms with Crippen LogP contribution in [0, 0.1) is 0 Å². The number of anilines is 1. The highest BCUT2D eigenvalue weighted by atomic mass is 32.1. The largest absolute Gasteiger partial charge is 0.448 e. The molecule has 0 atom stereocenters. The fourth-order valence-corrected chi connectivity index (χ4v) is 3.27. The van der Waals surface area contributed by atoms with Crippen molar-refractivity contribution in [3.8, 4) is 10.8 Å². The third kappa shape index (κ3) is 2.69. The number of nitrogens with one attached hydrogen (secondary N) is 1. The summed E-state index contributed by atoms with van der Waals surface area (Å²) in [4.78, 5) is 16.8. The molecule has 0 saturated heterocycles. The van der Waals surface area contributed by atoms with Gasteiger partial charge in [0, 0.05) is 12.7 Å². The standard InChI is InChI=1S/C17H14N4O2S/c1-2-21-10-11(9-18-21)19-16(22)13-7-8-14(23-13)17-20-12-5-3-4-6-15(12)24-17/h3-10H,2H2,1H3,(H,19,22). The predicted molar refractivity (Wildman–Crippen MR) is 93.2 cm³/mol. The first kappa shape index (κ1) is 14.6. The minimum atomic E-state index is -0.307. The fourth-order valence-electron chi connectivity index (χ4n) is 2.35. The smallest absolute Gasteiger partial charge is 0.291 e. The van der Waals surface area contributed by atoms with Gasteiger partial charge in [-0.2, -0.15) is 5.10 Å². The monoisotopic (exact) mass is 338 g/mol. The van der Waals surface area contributed by atoms with E-state index in [-0.39, 0.29) is 11.7 Å². The van der Waals surface area contributed by atoms with E-state index in [1.807, 2.05) is 31.2 Å².